The second-order valence-electron chi connectivity index (χ2n) is 3.44. The lowest BCUT2D eigenvalue weighted by Crippen LogP contribution is -2.43. The maximum atomic E-state index is 5.22. The summed E-state index contributed by atoms with van der Waals surface area (Å²) in [6.07, 6.45) is 3.02. The smallest absolute Gasteiger partial charge is 0.0577 e. The normalized spacial score (nSPS) is 33.0. The number of hydrogen-bond donors (Lipinski definition) is 1. The number of nitrogens with one attached hydrogen (secondary N) is 1. The maximum Gasteiger partial charge on any atom is 0.0577 e. The van der Waals surface area contributed by atoms with Gasteiger partial charge in [0, 0.05) is 13.2 Å². The van der Waals surface area contributed by atoms with Gasteiger partial charge in [0.2, 0.25) is 0 Å². The van der Waals surface area contributed by atoms with Crippen molar-refractivity contribution < 1.29 is 4.74 Å². The molecule has 0 aromatic rings. The minimum absolute atomic E-state index is 0.543. The summed E-state index contributed by atoms with van der Waals surface area (Å²) in [4.78, 5) is 0. The molecule has 2 nitrogen and oxygen atoms in total. The maximum absolute atomic E-state index is 5.22. The van der Waals surface area contributed by atoms with E-state index in [2.05, 4.69) is 19.2 Å². The summed E-state index contributed by atoms with van der Waals surface area (Å²) >= 11 is 0. The zero-order valence-electron chi connectivity index (χ0n) is 7.76. The zero-order valence-corrected chi connectivity index (χ0v) is 7.76. The molecule has 0 aromatic heterocycles. The Kier molecular flexibility index (Phi) is 3.34. The van der Waals surface area contributed by atoms with Crippen LogP contribution in [0.15, 0.2) is 0 Å². The monoisotopic (exact) mass is 157 g/mol. The molecular weight excluding hydrogens is 138 g/mol. The molecular formula is C9H19NO. The van der Waals surface area contributed by atoms with Gasteiger partial charge in [-0.2, -0.15) is 0 Å². The van der Waals surface area contributed by atoms with E-state index in [1.807, 2.05) is 0 Å². The van der Waals surface area contributed by atoms with E-state index in [-0.39, 0.29) is 0 Å². The van der Waals surface area contributed by atoms with E-state index in [1.165, 1.54) is 12.8 Å². The van der Waals surface area contributed by atoms with Crippen molar-refractivity contribution in [3.05, 3.63) is 0 Å². The lowest BCUT2D eigenvalue weighted by atomic mass is 9.78. The first-order valence-electron chi connectivity index (χ1n) is 4.54. The fourth-order valence-electron chi connectivity index (χ4n) is 1.70. The van der Waals surface area contributed by atoms with Crippen LogP contribution in [0.5, 0.6) is 0 Å². The van der Waals surface area contributed by atoms with Crippen molar-refractivity contribution in [3.8, 4) is 0 Å². The number of methoxy groups -OCH3 is 1. The Bertz CT molecular complexity index is 110. The summed E-state index contributed by atoms with van der Waals surface area (Å²) < 4.78 is 5.22. The highest BCUT2D eigenvalue weighted by atomic mass is 16.5. The second kappa shape index (κ2) is 4.07. The summed E-state index contributed by atoms with van der Waals surface area (Å²) in [6.45, 7) is 5.50. The van der Waals surface area contributed by atoms with E-state index in [0.29, 0.717) is 12.1 Å². The summed E-state index contributed by atoms with van der Waals surface area (Å²) in [5, 5.41) is 3.44. The van der Waals surface area contributed by atoms with Gasteiger partial charge in [0.1, 0.15) is 0 Å². The van der Waals surface area contributed by atoms with Crippen molar-refractivity contribution >= 4 is 0 Å². The molecule has 1 N–H and O–H groups in total. The Morgan fingerprint density at radius 2 is 2.18 bits per heavy atom. The standard InChI is InChI=1S/C9H19NO/c1-4-10-7(2)8-5-9(6-8)11-3/h7-10H,4-6H2,1-3H3. The Hall–Kier alpha value is -0.0800. The topological polar surface area (TPSA) is 21.3 Å². The largest absolute Gasteiger partial charge is 0.381 e. The molecule has 0 aromatic carbocycles. The first kappa shape index (κ1) is 9.01. The van der Waals surface area contributed by atoms with Crippen LogP contribution >= 0.6 is 0 Å². The van der Waals surface area contributed by atoms with Gasteiger partial charge in [-0.3, -0.25) is 0 Å². The van der Waals surface area contributed by atoms with E-state index in [0.717, 1.165) is 12.5 Å². The predicted molar refractivity (Wildman–Crippen MR) is 46.7 cm³/mol. The van der Waals surface area contributed by atoms with Crippen LogP contribution in [0.25, 0.3) is 0 Å². The molecule has 0 heterocycles. The van der Waals surface area contributed by atoms with Crippen molar-refractivity contribution in [2.24, 2.45) is 5.92 Å². The third-order valence-electron chi connectivity index (χ3n) is 2.70. The van der Waals surface area contributed by atoms with Crippen molar-refractivity contribution in [1.82, 2.24) is 5.32 Å². The Morgan fingerprint density at radius 1 is 1.55 bits per heavy atom. The number of ether oxygens (including phenoxy) is 1. The van der Waals surface area contributed by atoms with Crippen LogP contribution in [0.4, 0.5) is 0 Å². The van der Waals surface area contributed by atoms with Crippen LogP contribution in [0.3, 0.4) is 0 Å². The molecule has 1 atom stereocenters. The lowest BCUT2D eigenvalue weighted by Gasteiger charge is -2.38. The highest BCUT2D eigenvalue weighted by Gasteiger charge is 2.32. The quantitative estimate of drug-likeness (QED) is 0.666. The Morgan fingerprint density at radius 3 is 2.64 bits per heavy atom. The molecule has 0 amide bonds. The Labute approximate surface area is 69.3 Å². The van der Waals surface area contributed by atoms with Gasteiger partial charge in [0.15, 0.2) is 0 Å². The minimum Gasteiger partial charge on any atom is -0.381 e. The molecule has 0 aliphatic heterocycles. The molecule has 1 unspecified atom stereocenters. The molecule has 0 bridgehead atoms. The number of rotatable bonds is 4. The third-order valence-corrected chi connectivity index (χ3v) is 2.70. The highest BCUT2D eigenvalue weighted by molar-refractivity contribution is 4.86. The van der Waals surface area contributed by atoms with Crippen LogP contribution in [0.2, 0.25) is 0 Å². The molecule has 1 fully saturated rings. The summed E-state index contributed by atoms with van der Waals surface area (Å²) in [5.41, 5.74) is 0. The van der Waals surface area contributed by atoms with Crippen LogP contribution in [0, 0.1) is 5.92 Å². The van der Waals surface area contributed by atoms with Gasteiger partial charge in [-0.15, -0.1) is 0 Å². The van der Waals surface area contributed by atoms with E-state index in [9.17, 15) is 0 Å². The molecule has 1 saturated carbocycles. The second-order valence-corrected chi connectivity index (χ2v) is 3.44. The fourth-order valence-corrected chi connectivity index (χ4v) is 1.70. The first-order valence-corrected chi connectivity index (χ1v) is 4.54. The van der Waals surface area contributed by atoms with Crippen molar-refractivity contribution in [2.75, 3.05) is 13.7 Å². The van der Waals surface area contributed by atoms with E-state index in [1.54, 1.807) is 7.11 Å². The van der Waals surface area contributed by atoms with Crippen LogP contribution < -0.4 is 5.32 Å². The third kappa shape index (κ3) is 2.17. The first-order chi connectivity index (χ1) is 5.27. The van der Waals surface area contributed by atoms with Gasteiger partial charge in [-0.1, -0.05) is 6.92 Å². The molecule has 0 saturated heterocycles. The van der Waals surface area contributed by atoms with Gasteiger partial charge in [0.05, 0.1) is 6.10 Å². The van der Waals surface area contributed by atoms with E-state index < -0.39 is 0 Å². The average Bonchev–Trinajstić information content (AvgIpc) is 1.86. The SMILES string of the molecule is CCNC(C)C1CC(OC)C1. The molecule has 1 rings (SSSR count). The fraction of sp³-hybridized carbons (Fsp3) is 1.00. The Balaban J connectivity index is 2.10. The molecule has 11 heavy (non-hydrogen) atoms. The van der Waals surface area contributed by atoms with Gasteiger partial charge < -0.3 is 10.1 Å². The van der Waals surface area contributed by atoms with Crippen LogP contribution in [-0.2, 0) is 4.74 Å². The molecule has 66 valence electrons. The lowest BCUT2D eigenvalue weighted by molar-refractivity contribution is -0.00961. The van der Waals surface area contributed by atoms with Crippen molar-refractivity contribution in [1.29, 1.82) is 0 Å². The highest BCUT2D eigenvalue weighted by Crippen LogP contribution is 2.31. The van der Waals surface area contributed by atoms with Gasteiger partial charge >= 0.3 is 0 Å². The number of hydrogen-bond acceptors (Lipinski definition) is 2. The summed E-state index contributed by atoms with van der Waals surface area (Å²) in [7, 11) is 1.80. The zero-order chi connectivity index (χ0) is 8.27. The van der Waals surface area contributed by atoms with Crippen LogP contribution in [0.1, 0.15) is 26.7 Å². The average molecular weight is 157 g/mol. The molecule has 2 heteroatoms. The van der Waals surface area contributed by atoms with E-state index in [4.69, 9.17) is 4.74 Å². The van der Waals surface area contributed by atoms with Crippen molar-refractivity contribution in [3.63, 3.8) is 0 Å². The van der Waals surface area contributed by atoms with Gasteiger partial charge in [0.25, 0.3) is 0 Å². The molecule has 0 radical (unpaired) electrons. The van der Waals surface area contributed by atoms with Crippen LogP contribution in [-0.4, -0.2) is 25.8 Å². The van der Waals surface area contributed by atoms with Gasteiger partial charge in [-0.25, -0.2) is 0 Å². The minimum atomic E-state index is 0.543. The summed E-state index contributed by atoms with van der Waals surface area (Å²) in [5.74, 6) is 0.847. The summed E-state index contributed by atoms with van der Waals surface area (Å²) in [6, 6.07) is 0.673. The van der Waals surface area contributed by atoms with Crippen molar-refractivity contribution in [2.45, 2.75) is 38.8 Å². The van der Waals surface area contributed by atoms with Gasteiger partial charge in [-0.05, 0) is 32.2 Å². The molecule has 1 aliphatic rings. The molecule has 0 spiro atoms. The predicted octanol–water partition coefficient (Wildman–Crippen LogP) is 1.41. The van der Waals surface area contributed by atoms with E-state index >= 15 is 0 Å². The molecule has 1 aliphatic carbocycles.